The second-order valence-corrected chi connectivity index (χ2v) is 8.26. The molecule has 200 valence electrons. The Kier molecular flexibility index (Phi) is 16.3. The first kappa shape index (κ1) is 29.4. The SMILES string of the molecule is CCOCCOCCOCCOc1ccc(C[C@@H](C(=O)O)N2CCNCCNCCNCC2)cc1. The van der Waals surface area contributed by atoms with Gasteiger partial charge in [0.1, 0.15) is 18.4 Å². The molecule has 1 atom stereocenters. The summed E-state index contributed by atoms with van der Waals surface area (Å²) in [7, 11) is 0. The average molecular weight is 497 g/mol. The van der Waals surface area contributed by atoms with Gasteiger partial charge in [-0.3, -0.25) is 9.69 Å². The van der Waals surface area contributed by atoms with Crippen molar-refractivity contribution in [2.75, 3.05) is 98.6 Å². The van der Waals surface area contributed by atoms with Crippen LogP contribution in [0.15, 0.2) is 24.3 Å². The van der Waals surface area contributed by atoms with Crippen LogP contribution in [-0.4, -0.2) is 121 Å². The summed E-state index contributed by atoms with van der Waals surface area (Å²) < 4.78 is 21.8. The topological polar surface area (TPSA) is 114 Å². The lowest BCUT2D eigenvalue weighted by molar-refractivity contribution is -0.143. The lowest BCUT2D eigenvalue weighted by Crippen LogP contribution is -2.49. The van der Waals surface area contributed by atoms with Gasteiger partial charge < -0.3 is 40.0 Å². The molecule has 0 unspecified atom stereocenters. The van der Waals surface area contributed by atoms with Crippen molar-refractivity contribution in [1.29, 1.82) is 0 Å². The summed E-state index contributed by atoms with van der Waals surface area (Å²) in [5.74, 6) is -0.0522. The summed E-state index contributed by atoms with van der Waals surface area (Å²) in [6.45, 7) is 12.3. The predicted molar refractivity (Wildman–Crippen MR) is 135 cm³/mol. The largest absolute Gasteiger partial charge is 0.491 e. The second kappa shape index (κ2) is 19.4. The van der Waals surface area contributed by atoms with Crippen LogP contribution in [0.25, 0.3) is 0 Å². The maximum Gasteiger partial charge on any atom is 0.321 e. The maximum atomic E-state index is 12.1. The van der Waals surface area contributed by atoms with Crippen molar-refractivity contribution < 1.29 is 28.8 Å². The highest BCUT2D eigenvalue weighted by molar-refractivity contribution is 5.74. The zero-order valence-electron chi connectivity index (χ0n) is 21.1. The van der Waals surface area contributed by atoms with Crippen molar-refractivity contribution in [3.05, 3.63) is 29.8 Å². The molecule has 1 fully saturated rings. The van der Waals surface area contributed by atoms with Crippen LogP contribution in [0.2, 0.25) is 0 Å². The molecule has 0 saturated carbocycles. The smallest absolute Gasteiger partial charge is 0.321 e. The molecule has 1 aromatic carbocycles. The number of carbonyl (C=O) groups is 1. The molecule has 10 heteroatoms. The van der Waals surface area contributed by atoms with E-state index in [0.717, 1.165) is 50.6 Å². The van der Waals surface area contributed by atoms with Crippen LogP contribution in [0.5, 0.6) is 5.75 Å². The third-order valence-corrected chi connectivity index (χ3v) is 5.63. The zero-order chi connectivity index (χ0) is 25.0. The number of benzene rings is 1. The summed E-state index contributed by atoms with van der Waals surface area (Å²) in [4.78, 5) is 14.2. The van der Waals surface area contributed by atoms with Gasteiger partial charge >= 0.3 is 5.97 Å². The van der Waals surface area contributed by atoms with Crippen molar-refractivity contribution in [3.63, 3.8) is 0 Å². The van der Waals surface area contributed by atoms with Crippen LogP contribution in [0, 0.1) is 0 Å². The Hall–Kier alpha value is -1.79. The van der Waals surface area contributed by atoms with Gasteiger partial charge in [0.25, 0.3) is 0 Å². The highest BCUT2D eigenvalue weighted by atomic mass is 16.6. The number of carboxylic acid groups (broad SMARTS) is 1. The van der Waals surface area contributed by atoms with Crippen molar-refractivity contribution in [2.24, 2.45) is 0 Å². The van der Waals surface area contributed by atoms with E-state index < -0.39 is 12.0 Å². The van der Waals surface area contributed by atoms with E-state index in [0.29, 0.717) is 65.8 Å². The number of nitrogens with one attached hydrogen (secondary N) is 3. The normalized spacial score (nSPS) is 17.3. The summed E-state index contributed by atoms with van der Waals surface area (Å²) >= 11 is 0. The van der Waals surface area contributed by atoms with E-state index in [1.165, 1.54) is 0 Å². The molecule has 4 N–H and O–H groups in total. The molecule has 0 aromatic heterocycles. The van der Waals surface area contributed by atoms with E-state index >= 15 is 0 Å². The average Bonchev–Trinajstić information content (AvgIpc) is 2.85. The Morgan fingerprint density at radius 2 is 1.34 bits per heavy atom. The van der Waals surface area contributed by atoms with Gasteiger partial charge in [0.05, 0.1) is 33.0 Å². The summed E-state index contributed by atoms with van der Waals surface area (Å²) in [5.41, 5.74) is 0.974. The summed E-state index contributed by atoms with van der Waals surface area (Å²) in [6, 6.07) is 7.08. The lowest BCUT2D eigenvalue weighted by atomic mass is 10.0. The molecule has 0 bridgehead atoms. The van der Waals surface area contributed by atoms with Gasteiger partial charge in [0.15, 0.2) is 0 Å². The van der Waals surface area contributed by atoms with Crippen LogP contribution in [0.4, 0.5) is 0 Å². The first-order chi connectivity index (χ1) is 17.2. The van der Waals surface area contributed by atoms with Crippen LogP contribution >= 0.6 is 0 Å². The van der Waals surface area contributed by atoms with E-state index in [1.54, 1.807) is 0 Å². The molecule has 1 saturated heterocycles. The van der Waals surface area contributed by atoms with Gasteiger partial charge in [-0.25, -0.2) is 0 Å². The standard InChI is InChI=1S/C25H44N4O6/c1-2-32-15-16-33-17-18-34-19-20-35-23-5-3-22(4-6-23)21-24(25(30)31)29-13-11-27-9-7-26-8-10-28-12-14-29/h3-6,24,26-28H,2,7-21H2,1H3,(H,30,31)/t24-/m0/s1. The Morgan fingerprint density at radius 3 is 1.89 bits per heavy atom. The Bertz CT molecular complexity index is 652. The molecular formula is C25H44N4O6. The maximum absolute atomic E-state index is 12.1. The molecule has 0 radical (unpaired) electrons. The minimum atomic E-state index is -0.793. The van der Waals surface area contributed by atoms with Crippen LogP contribution in [0.3, 0.4) is 0 Å². The first-order valence-corrected chi connectivity index (χ1v) is 12.7. The summed E-state index contributed by atoms with van der Waals surface area (Å²) in [5, 5.41) is 20.1. The molecule has 1 aliphatic heterocycles. The number of carboxylic acids is 1. The Morgan fingerprint density at radius 1 is 0.829 bits per heavy atom. The Balaban J connectivity index is 1.72. The quantitative estimate of drug-likeness (QED) is 0.251. The van der Waals surface area contributed by atoms with Gasteiger partial charge in [-0.1, -0.05) is 12.1 Å². The number of nitrogens with zero attached hydrogens (tertiary/aromatic N) is 1. The molecule has 10 nitrogen and oxygen atoms in total. The van der Waals surface area contributed by atoms with Crippen molar-refractivity contribution >= 4 is 5.97 Å². The van der Waals surface area contributed by atoms with E-state index in [9.17, 15) is 9.90 Å². The molecule has 0 aliphatic carbocycles. The molecule has 1 aliphatic rings. The highest BCUT2D eigenvalue weighted by Crippen LogP contribution is 2.15. The van der Waals surface area contributed by atoms with Gasteiger partial charge in [-0.2, -0.15) is 0 Å². The third kappa shape index (κ3) is 13.8. The van der Waals surface area contributed by atoms with Crippen LogP contribution < -0.4 is 20.7 Å². The van der Waals surface area contributed by atoms with Gasteiger partial charge in [0, 0.05) is 59.0 Å². The fourth-order valence-corrected chi connectivity index (χ4v) is 3.72. The van der Waals surface area contributed by atoms with E-state index in [2.05, 4.69) is 20.9 Å². The predicted octanol–water partition coefficient (Wildman–Crippen LogP) is 0.215. The lowest BCUT2D eigenvalue weighted by Gasteiger charge is -2.29. The minimum Gasteiger partial charge on any atom is -0.491 e. The molecule has 0 amide bonds. The van der Waals surface area contributed by atoms with Gasteiger partial charge in [-0.05, 0) is 31.0 Å². The van der Waals surface area contributed by atoms with E-state index in [1.807, 2.05) is 31.2 Å². The van der Waals surface area contributed by atoms with Crippen molar-refractivity contribution in [2.45, 2.75) is 19.4 Å². The molecular weight excluding hydrogens is 452 g/mol. The number of aliphatic carboxylic acids is 1. The van der Waals surface area contributed by atoms with Gasteiger partial charge in [-0.15, -0.1) is 0 Å². The third-order valence-electron chi connectivity index (χ3n) is 5.63. The van der Waals surface area contributed by atoms with E-state index in [-0.39, 0.29) is 0 Å². The highest BCUT2D eigenvalue weighted by Gasteiger charge is 2.25. The fraction of sp³-hybridized carbons (Fsp3) is 0.720. The summed E-state index contributed by atoms with van der Waals surface area (Å²) in [6.07, 6.45) is 0.448. The molecule has 2 rings (SSSR count). The van der Waals surface area contributed by atoms with Crippen molar-refractivity contribution in [1.82, 2.24) is 20.9 Å². The first-order valence-electron chi connectivity index (χ1n) is 12.7. The molecule has 0 spiro atoms. The molecule has 35 heavy (non-hydrogen) atoms. The Labute approximate surface area is 209 Å². The second-order valence-electron chi connectivity index (χ2n) is 8.26. The van der Waals surface area contributed by atoms with Gasteiger partial charge in [0.2, 0.25) is 0 Å². The number of hydrogen-bond acceptors (Lipinski definition) is 9. The number of ether oxygens (including phenoxy) is 4. The van der Waals surface area contributed by atoms with Crippen LogP contribution in [0.1, 0.15) is 12.5 Å². The van der Waals surface area contributed by atoms with Crippen LogP contribution in [-0.2, 0) is 25.4 Å². The fourth-order valence-electron chi connectivity index (χ4n) is 3.72. The van der Waals surface area contributed by atoms with E-state index in [4.69, 9.17) is 18.9 Å². The minimum absolute atomic E-state index is 0.444. The number of hydrogen-bond donors (Lipinski definition) is 4. The molecule has 1 aromatic rings. The number of rotatable bonds is 15. The zero-order valence-corrected chi connectivity index (χ0v) is 21.1. The van der Waals surface area contributed by atoms with Crippen molar-refractivity contribution in [3.8, 4) is 5.75 Å². The monoisotopic (exact) mass is 496 g/mol. The molecule has 1 heterocycles.